The fourth-order valence-corrected chi connectivity index (χ4v) is 9.45. The van der Waals surface area contributed by atoms with Crippen molar-refractivity contribution >= 4 is 55.2 Å². The van der Waals surface area contributed by atoms with E-state index in [1.165, 1.54) is 42.1 Å². The van der Waals surface area contributed by atoms with E-state index in [0.29, 0.717) is 10.7 Å². The lowest BCUT2D eigenvalue weighted by Crippen LogP contribution is -2.38. The molecule has 0 bridgehead atoms. The van der Waals surface area contributed by atoms with Gasteiger partial charge in [-0.3, -0.25) is 28.2 Å². The topological polar surface area (TPSA) is 166 Å². The van der Waals surface area contributed by atoms with Crippen LogP contribution in [-0.2, 0) is 47.4 Å². The van der Waals surface area contributed by atoms with Crippen molar-refractivity contribution in [1.29, 1.82) is 0 Å². The van der Waals surface area contributed by atoms with Gasteiger partial charge in [-0.05, 0) is 72.0 Å². The molecule has 2 aliphatic carbocycles. The van der Waals surface area contributed by atoms with E-state index in [1.807, 2.05) is 0 Å². The molecule has 0 spiro atoms. The molecule has 23 heteroatoms. The second-order valence-electron chi connectivity index (χ2n) is 15.8. The number of halogens is 9. The highest BCUT2D eigenvalue weighted by molar-refractivity contribution is 7.92. The first-order chi connectivity index (χ1) is 30.7. The number of amides is 1. The number of hydrogen-bond acceptors (Lipinski definition) is 8. The molecule has 3 atom stereocenters. The van der Waals surface area contributed by atoms with Crippen molar-refractivity contribution in [3.8, 4) is 16.8 Å². The van der Waals surface area contributed by atoms with Gasteiger partial charge in [0.25, 0.3) is 17.9 Å². The zero-order chi connectivity index (χ0) is 46.6. The van der Waals surface area contributed by atoms with Crippen LogP contribution < -0.4 is 15.6 Å². The molecule has 3 heterocycles. The first-order valence-corrected chi connectivity index (χ1v) is 21.7. The van der Waals surface area contributed by atoms with Gasteiger partial charge in [0.05, 0.1) is 51.4 Å². The van der Waals surface area contributed by atoms with Crippen molar-refractivity contribution in [1.82, 2.24) is 34.4 Å². The number of aromatic nitrogens is 6. The summed E-state index contributed by atoms with van der Waals surface area (Å²) in [7, 11) is -2.58. The number of carbonyl (C=O) groups is 1. The number of hydrogen-bond donors (Lipinski definition) is 3. The van der Waals surface area contributed by atoms with Crippen LogP contribution in [0.4, 0.5) is 40.9 Å². The lowest BCUT2D eigenvalue weighted by Gasteiger charge is -2.24. The minimum atomic E-state index is -3.97. The Balaban J connectivity index is 1.27. The van der Waals surface area contributed by atoms with E-state index in [0.717, 1.165) is 35.1 Å². The van der Waals surface area contributed by atoms with Gasteiger partial charge in [0.2, 0.25) is 15.9 Å². The largest absolute Gasteiger partial charge is 0.391 e. The predicted octanol–water partition coefficient (Wildman–Crippen LogP) is 7.46. The second-order valence-corrected chi connectivity index (χ2v) is 18.0. The zero-order valence-corrected chi connectivity index (χ0v) is 35.1. The number of alkyl halides is 4. The number of aryl methyl sites for hydroxylation is 1. The number of nitrogens with one attached hydrogen (secondary N) is 2. The van der Waals surface area contributed by atoms with E-state index in [2.05, 4.69) is 20.2 Å². The normalized spacial score (nSPS) is 16.9. The number of sulfonamides is 1. The van der Waals surface area contributed by atoms with E-state index in [-0.39, 0.29) is 67.0 Å². The minimum Gasteiger partial charge on any atom is -0.391 e. The summed E-state index contributed by atoms with van der Waals surface area (Å²) in [5, 5.41) is 20.0. The monoisotopic (exact) mass is 946 g/mol. The van der Waals surface area contributed by atoms with E-state index in [9.17, 15) is 40.3 Å². The molecule has 1 fully saturated rings. The number of carbonyl (C=O) groups excluding carboxylic acids is 1. The summed E-state index contributed by atoms with van der Waals surface area (Å²) in [5.41, 5.74) is -4.20. The Morgan fingerprint density at radius 1 is 1.02 bits per heavy atom. The molecule has 0 unspecified atom stereocenters. The summed E-state index contributed by atoms with van der Waals surface area (Å²) < 4.78 is 149. The number of benzene rings is 4. The maximum absolute atomic E-state index is 15.6. The van der Waals surface area contributed by atoms with Crippen LogP contribution >= 0.6 is 11.6 Å². The van der Waals surface area contributed by atoms with Gasteiger partial charge in [0, 0.05) is 42.1 Å². The first-order valence-electron chi connectivity index (χ1n) is 19.5. The average Bonchev–Trinajstić information content (AvgIpc) is 3.76. The van der Waals surface area contributed by atoms with Crippen molar-refractivity contribution in [2.24, 2.45) is 13.0 Å². The molecule has 65 heavy (non-hydrogen) atoms. The molecule has 2 aliphatic rings. The van der Waals surface area contributed by atoms with Crippen LogP contribution in [0.2, 0.25) is 5.02 Å². The molecule has 3 N–H and O–H groups in total. The van der Waals surface area contributed by atoms with Crippen LogP contribution in [-0.4, -0.2) is 54.8 Å². The molecule has 1 amide bonds. The molecule has 7 aromatic rings. The average molecular weight is 947 g/mol. The fourth-order valence-electron chi connectivity index (χ4n) is 8.71. The summed E-state index contributed by atoms with van der Waals surface area (Å²) in [6.45, 7) is -2.06. The lowest BCUT2D eigenvalue weighted by atomic mass is 10.00. The summed E-state index contributed by atoms with van der Waals surface area (Å²) in [6, 6.07) is 9.17. The van der Waals surface area contributed by atoms with Gasteiger partial charge in [-0.15, -0.1) is 0 Å². The Bertz CT molecular complexity index is 3320. The van der Waals surface area contributed by atoms with Crippen molar-refractivity contribution in [2.75, 3.05) is 11.0 Å². The highest BCUT2D eigenvalue weighted by Crippen LogP contribution is 2.68. The SMILES string of the molecule is Cn1nc(NS(C)(=O)=O)c2c(Cl)ccc(-n3c([C@H](Cc4cc(F)cc(F)c4)NC(=O)Cn4nc(C(F)F)c5c4C(F)(F)[C@H]4C[C@@H]54)nc4cc(-c5ccc(F)c(CO)c5F)ccc4c3=O)c21. The summed E-state index contributed by atoms with van der Waals surface area (Å²) >= 11 is 6.60. The van der Waals surface area contributed by atoms with Gasteiger partial charge in [0.1, 0.15) is 47.0 Å². The summed E-state index contributed by atoms with van der Waals surface area (Å²) in [6.07, 6.45) is -3.02. The molecule has 9 rings (SSSR count). The van der Waals surface area contributed by atoms with Crippen LogP contribution in [0, 0.1) is 29.2 Å². The predicted molar refractivity (Wildman–Crippen MR) is 219 cm³/mol. The number of aliphatic hydroxyl groups is 1. The highest BCUT2D eigenvalue weighted by Gasteiger charge is 2.67. The zero-order valence-electron chi connectivity index (χ0n) is 33.5. The Morgan fingerprint density at radius 2 is 1.74 bits per heavy atom. The Morgan fingerprint density at radius 3 is 2.42 bits per heavy atom. The standard InChI is InChI=1S/C42H31ClF8N8O5S/c1-57-36-30(8-6-26(43)33(36)39(55-57)56-65(2,63)64)59-40(53-28-12-18(3-4-22(28)41(59)62)21-5-7-27(46)24(16-60)34(21)47)29(11-17-9-19(44)13-20(45)10-17)52-31(61)15-58-37-32(35(54-58)38(48)49)23-14-25(23)42(37,50)51/h3-10,12-13,23,25,29,38,60H,11,14-16H2,1-2H3,(H,52,61)(H,55,56)/t23-,25+,29+/m1/s1. The maximum Gasteiger partial charge on any atom is 0.293 e. The highest BCUT2D eigenvalue weighted by atomic mass is 35.5. The van der Waals surface area contributed by atoms with E-state index >= 15 is 18.0 Å². The number of anilines is 1. The minimum absolute atomic E-state index is 0.00834. The number of aliphatic hydroxyl groups excluding tert-OH is 1. The third-order valence-electron chi connectivity index (χ3n) is 11.5. The number of fused-ring (bicyclic) bond motifs is 5. The molecular weight excluding hydrogens is 916 g/mol. The van der Waals surface area contributed by atoms with Crippen LogP contribution in [0.25, 0.3) is 38.6 Å². The summed E-state index contributed by atoms with van der Waals surface area (Å²) in [4.78, 5) is 33.9. The molecule has 0 saturated heterocycles. The third kappa shape index (κ3) is 7.55. The quantitative estimate of drug-likeness (QED) is 0.106. The number of rotatable bonds is 12. The number of nitrogens with zero attached hydrogens (tertiary/aromatic N) is 6. The lowest BCUT2D eigenvalue weighted by molar-refractivity contribution is -0.123. The molecule has 4 aromatic carbocycles. The second kappa shape index (κ2) is 15.7. The smallest absolute Gasteiger partial charge is 0.293 e. The van der Waals surface area contributed by atoms with Crippen molar-refractivity contribution in [2.45, 2.75) is 50.3 Å². The molecule has 338 valence electrons. The summed E-state index contributed by atoms with van der Waals surface area (Å²) in [5.74, 6) is -11.8. The Labute approximate surface area is 366 Å². The van der Waals surface area contributed by atoms with Gasteiger partial charge in [-0.2, -0.15) is 19.0 Å². The van der Waals surface area contributed by atoms with E-state index in [4.69, 9.17) is 16.6 Å². The molecule has 0 radical (unpaired) electrons. The Hall–Kier alpha value is -6.39. The van der Waals surface area contributed by atoms with Crippen LogP contribution in [0.15, 0.2) is 65.5 Å². The fraction of sp³-hybridized carbons (Fsp3) is 0.262. The van der Waals surface area contributed by atoms with E-state index in [1.54, 1.807) is 0 Å². The molecular formula is C42H31ClF8N8O5S. The third-order valence-corrected chi connectivity index (χ3v) is 12.3. The van der Waals surface area contributed by atoms with Gasteiger partial charge >= 0.3 is 0 Å². The van der Waals surface area contributed by atoms with Crippen LogP contribution in [0.1, 0.15) is 58.7 Å². The van der Waals surface area contributed by atoms with Gasteiger partial charge in [-0.25, -0.2) is 39.7 Å². The molecule has 13 nitrogen and oxygen atoms in total. The van der Waals surface area contributed by atoms with Gasteiger partial charge in [-0.1, -0.05) is 17.7 Å². The Kier molecular flexibility index (Phi) is 10.6. The van der Waals surface area contributed by atoms with Crippen molar-refractivity contribution < 1.29 is 53.4 Å². The van der Waals surface area contributed by atoms with Crippen molar-refractivity contribution in [3.05, 3.63) is 133 Å². The van der Waals surface area contributed by atoms with E-state index < -0.39 is 117 Å². The van der Waals surface area contributed by atoms with Crippen molar-refractivity contribution in [3.63, 3.8) is 0 Å². The van der Waals surface area contributed by atoms with Crippen LogP contribution in [0.3, 0.4) is 0 Å². The molecule has 3 aromatic heterocycles. The maximum atomic E-state index is 15.6. The van der Waals surface area contributed by atoms with Gasteiger partial charge < -0.3 is 10.4 Å². The van der Waals surface area contributed by atoms with Crippen LogP contribution in [0.5, 0.6) is 0 Å². The molecule has 1 saturated carbocycles. The van der Waals surface area contributed by atoms with Gasteiger partial charge in [0.15, 0.2) is 5.82 Å². The first kappa shape index (κ1) is 43.8. The molecule has 0 aliphatic heterocycles.